The third-order valence-electron chi connectivity index (χ3n) is 4.85. The second kappa shape index (κ2) is 6.67. The van der Waals surface area contributed by atoms with Crippen molar-refractivity contribution in [2.45, 2.75) is 18.9 Å². The quantitative estimate of drug-likeness (QED) is 0.475. The number of ether oxygens (including phenoxy) is 2. The van der Waals surface area contributed by atoms with Gasteiger partial charge in [-0.3, -0.25) is 14.9 Å². The number of hydrogen-bond acceptors (Lipinski definition) is 6. The molecular weight excluding hydrogens is 336 g/mol. The van der Waals surface area contributed by atoms with Gasteiger partial charge in [-0.1, -0.05) is 6.07 Å². The summed E-state index contributed by atoms with van der Waals surface area (Å²) in [6.07, 6.45) is 2.46. The van der Waals surface area contributed by atoms with Crippen LogP contribution in [0.2, 0.25) is 0 Å². The summed E-state index contributed by atoms with van der Waals surface area (Å²) in [5, 5.41) is 11.5. The van der Waals surface area contributed by atoms with Gasteiger partial charge >= 0.3 is 0 Å². The molecule has 0 unspecified atom stereocenters. The van der Waals surface area contributed by atoms with Crippen LogP contribution in [0, 0.1) is 10.1 Å². The molecule has 0 aliphatic carbocycles. The lowest BCUT2D eigenvalue weighted by Gasteiger charge is -2.28. The monoisotopic (exact) mass is 354 g/mol. The Balaban J connectivity index is 1.71. The Morgan fingerprint density at radius 2 is 1.92 bits per heavy atom. The standard InChI is InChI=1S/C19H18N2O5/c22-12-13-3-5-16(17(10-13)21(23)24)20-7-1-2-15(20)14-4-6-18-19(11-14)26-9-8-25-18/h3-6,10-12,15H,1-2,7-9H2/t15-/m0/s1. The van der Waals surface area contributed by atoms with Gasteiger partial charge in [0.15, 0.2) is 11.5 Å². The highest BCUT2D eigenvalue weighted by atomic mass is 16.6. The molecule has 7 nitrogen and oxygen atoms in total. The van der Waals surface area contributed by atoms with E-state index in [-0.39, 0.29) is 11.7 Å². The number of carbonyl (C=O) groups excluding carboxylic acids is 1. The Labute approximate surface area is 150 Å². The third-order valence-corrected chi connectivity index (χ3v) is 4.85. The summed E-state index contributed by atoms with van der Waals surface area (Å²) >= 11 is 0. The van der Waals surface area contributed by atoms with E-state index in [1.54, 1.807) is 12.1 Å². The minimum atomic E-state index is -0.429. The fraction of sp³-hybridized carbons (Fsp3) is 0.316. The lowest BCUT2D eigenvalue weighted by atomic mass is 10.0. The molecule has 134 valence electrons. The number of benzene rings is 2. The fourth-order valence-electron chi connectivity index (χ4n) is 3.67. The molecule has 2 heterocycles. The third kappa shape index (κ3) is 2.85. The topological polar surface area (TPSA) is 81.9 Å². The van der Waals surface area contributed by atoms with Crippen LogP contribution in [0.15, 0.2) is 36.4 Å². The van der Waals surface area contributed by atoms with E-state index in [1.165, 1.54) is 6.07 Å². The number of nitro benzene ring substituents is 1. The van der Waals surface area contributed by atoms with Crippen molar-refractivity contribution in [2.24, 2.45) is 0 Å². The lowest BCUT2D eigenvalue weighted by Crippen LogP contribution is -2.24. The van der Waals surface area contributed by atoms with E-state index in [0.717, 1.165) is 30.7 Å². The van der Waals surface area contributed by atoms with Gasteiger partial charge in [0, 0.05) is 18.2 Å². The average molecular weight is 354 g/mol. The molecule has 4 rings (SSSR count). The summed E-state index contributed by atoms with van der Waals surface area (Å²) in [5.74, 6) is 1.44. The number of fused-ring (bicyclic) bond motifs is 1. The Morgan fingerprint density at radius 3 is 2.69 bits per heavy atom. The van der Waals surface area contributed by atoms with E-state index in [0.29, 0.717) is 36.5 Å². The van der Waals surface area contributed by atoms with Crippen LogP contribution in [-0.4, -0.2) is 31.0 Å². The predicted molar refractivity (Wildman–Crippen MR) is 95.2 cm³/mol. The lowest BCUT2D eigenvalue weighted by molar-refractivity contribution is -0.384. The molecule has 2 aliphatic rings. The Morgan fingerprint density at radius 1 is 1.12 bits per heavy atom. The zero-order valence-electron chi connectivity index (χ0n) is 14.1. The van der Waals surface area contributed by atoms with Crippen molar-refractivity contribution in [2.75, 3.05) is 24.7 Å². The minimum absolute atomic E-state index is 0.0200. The zero-order valence-corrected chi connectivity index (χ0v) is 14.1. The highest BCUT2D eigenvalue weighted by molar-refractivity contribution is 5.80. The van der Waals surface area contributed by atoms with E-state index >= 15 is 0 Å². The van der Waals surface area contributed by atoms with Crippen LogP contribution < -0.4 is 14.4 Å². The number of hydrogen-bond donors (Lipinski definition) is 0. The van der Waals surface area contributed by atoms with Crippen molar-refractivity contribution >= 4 is 17.7 Å². The summed E-state index contributed by atoms with van der Waals surface area (Å²) in [4.78, 5) is 24.1. The highest BCUT2D eigenvalue weighted by Crippen LogP contribution is 2.42. The van der Waals surface area contributed by atoms with Crippen LogP contribution >= 0.6 is 0 Å². The van der Waals surface area contributed by atoms with Crippen LogP contribution in [0.4, 0.5) is 11.4 Å². The molecule has 2 aromatic rings. The molecule has 2 aliphatic heterocycles. The van der Waals surface area contributed by atoms with Gasteiger partial charge in [-0.2, -0.15) is 0 Å². The van der Waals surface area contributed by atoms with E-state index in [4.69, 9.17) is 9.47 Å². The van der Waals surface area contributed by atoms with Gasteiger partial charge in [0.2, 0.25) is 0 Å². The number of nitrogens with zero attached hydrogens (tertiary/aromatic N) is 2. The first-order valence-electron chi connectivity index (χ1n) is 8.57. The smallest absolute Gasteiger partial charge is 0.293 e. The average Bonchev–Trinajstić information content (AvgIpc) is 3.16. The molecule has 0 aromatic heterocycles. The molecule has 26 heavy (non-hydrogen) atoms. The Hall–Kier alpha value is -3.09. The van der Waals surface area contributed by atoms with Gasteiger partial charge in [-0.25, -0.2) is 0 Å². The number of carbonyl (C=O) groups is 1. The number of rotatable bonds is 4. The van der Waals surface area contributed by atoms with Gasteiger partial charge < -0.3 is 14.4 Å². The van der Waals surface area contributed by atoms with E-state index < -0.39 is 4.92 Å². The molecular formula is C19H18N2O5. The molecule has 0 N–H and O–H groups in total. The molecule has 0 radical (unpaired) electrons. The first kappa shape index (κ1) is 16.4. The molecule has 1 atom stereocenters. The van der Waals surface area contributed by atoms with E-state index in [1.807, 2.05) is 23.1 Å². The van der Waals surface area contributed by atoms with Gasteiger partial charge in [0.1, 0.15) is 25.2 Å². The van der Waals surface area contributed by atoms with Crippen LogP contribution in [0.1, 0.15) is 34.8 Å². The zero-order chi connectivity index (χ0) is 18.1. The molecule has 2 aromatic carbocycles. The van der Waals surface area contributed by atoms with Gasteiger partial charge in [0.05, 0.1) is 11.0 Å². The number of aldehydes is 1. The molecule has 1 fully saturated rings. The largest absolute Gasteiger partial charge is 0.486 e. The maximum absolute atomic E-state index is 11.5. The normalized spacial score (nSPS) is 18.6. The van der Waals surface area contributed by atoms with Gasteiger partial charge in [-0.15, -0.1) is 0 Å². The fourth-order valence-corrected chi connectivity index (χ4v) is 3.67. The summed E-state index contributed by atoms with van der Waals surface area (Å²) in [7, 11) is 0. The van der Waals surface area contributed by atoms with Crippen molar-refractivity contribution in [3.8, 4) is 11.5 Å². The van der Waals surface area contributed by atoms with E-state index in [2.05, 4.69) is 0 Å². The molecule has 0 spiro atoms. The van der Waals surface area contributed by atoms with Gasteiger partial charge in [-0.05, 0) is 42.7 Å². The van der Waals surface area contributed by atoms with E-state index in [9.17, 15) is 14.9 Å². The number of nitro groups is 1. The van der Waals surface area contributed by atoms with Crippen molar-refractivity contribution < 1.29 is 19.2 Å². The maximum atomic E-state index is 11.5. The molecule has 0 bridgehead atoms. The second-order valence-corrected chi connectivity index (χ2v) is 6.38. The Bertz CT molecular complexity index is 867. The first-order valence-corrected chi connectivity index (χ1v) is 8.57. The first-order chi connectivity index (χ1) is 12.7. The van der Waals surface area contributed by atoms with Crippen molar-refractivity contribution in [3.63, 3.8) is 0 Å². The predicted octanol–water partition coefficient (Wildman–Crippen LogP) is 3.52. The molecule has 0 saturated carbocycles. The molecule has 1 saturated heterocycles. The van der Waals surface area contributed by atoms with Crippen LogP contribution in [-0.2, 0) is 0 Å². The van der Waals surface area contributed by atoms with Crippen molar-refractivity contribution in [1.82, 2.24) is 0 Å². The number of anilines is 1. The molecule has 7 heteroatoms. The minimum Gasteiger partial charge on any atom is -0.486 e. The Kier molecular flexibility index (Phi) is 4.20. The summed E-state index contributed by atoms with van der Waals surface area (Å²) in [6.45, 7) is 1.78. The summed E-state index contributed by atoms with van der Waals surface area (Å²) in [5.41, 5.74) is 1.84. The second-order valence-electron chi connectivity index (χ2n) is 6.38. The molecule has 0 amide bonds. The van der Waals surface area contributed by atoms with Crippen LogP contribution in [0.25, 0.3) is 0 Å². The maximum Gasteiger partial charge on any atom is 0.293 e. The van der Waals surface area contributed by atoms with Crippen LogP contribution in [0.3, 0.4) is 0 Å². The van der Waals surface area contributed by atoms with Gasteiger partial charge in [0.25, 0.3) is 5.69 Å². The SMILES string of the molecule is O=Cc1ccc(N2CCC[C@H]2c2ccc3c(c2)OCCO3)c([N+](=O)[O-])c1. The highest BCUT2D eigenvalue weighted by Gasteiger charge is 2.31. The summed E-state index contributed by atoms with van der Waals surface area (Å²) < 4.78 is 11.2. The van der Waals surface area contributed by atoms with Crippen LogP contribution in [0.5, 0.6) is 11.5 Å². The summed E-state index contributed by atoms with van der Waals surface area (Å²) in [6, 6.07) is 10.5. The van der Waals surface area contributed by atoms with Crippen molar-refractivity contribution in [1.29, 1.82) is 0 Å². The van der Waals surface area contributed by atoms with Crippen molar-refractivity contribution in [3.05, 3.63) is 57.6 Å².